The molecule has 2 rings (SSSR count). The fourth-order valence-corrected chi connectivity index (χ4v) is 3.16. The third kappa shape index (κ3) is 6.10. The van der Waals surface area contributed by atoms with Crippen molar-refractivity contribution in [2.24, 2.45) is 0 Å². The number of benzene rings is 2. The Morgan fingerprint density at radius 2 is 1.79 bits per heavy atom. The molecule has 148 valence electrons. The molecule has 0 saturated carbocycles. The molecule has 9 heteroatoms. The number of hydrazine groups is 1. The van der Waals surface area contributed by atoms with Crippen LogP contribution in [-0.2, 0) is 9.59 Å². The summed E-state index contributed by atoms with van der Waals surface area (Å²) in [6.07, 6.45) is -0.111. The molecule has 0 aliphatic carbocycles. The molecule has 0 fully saturated rings. The van der Waals surface area contributed by atoms with E-state index in [0.29, 0.717) is 22.0 Å². The number of nitrogens with one attached hydrogen (secondary N) is 3. The predicted octanol–water partition coefficient (Wildman–Crippen LogP) is 3.44. The zero-order valence-electron chi connectivity index (χ0n) is 15.3. The number of ether oxygens (including phenoxy) is 1. The highest BCUT2D eigenvalue weighted by Crippen LogP contribution is 2.23. The summed E-state index contributed by atoms with van der Waals surface area (Å²) in [5.74, 6) is -0.610. The maximum absolute atomic E-state index is 12.1. The lowest BCUT2D eigenvalue weighted by Gasteiger charge is -2.10. The van der Waals surface area contributed by atoms with Crippen LogP contribution in [0.4, 0.5) is 5.69 Å². The van der Waals surface area contributed by atoms with Crippen molar-refractivity contribution in [3.63, 3.8) is 0 Å². The Balaban J connectivity index is 1.79. The fraction of sp³-hybridized carbons (Fsp3) is 0.211. The van der Waals surface area contributed by atoms with Crippen LogP contribution in [0.2, 0.25) is 5.02 Å². The zero-order valence-corrected chi connectivity index (χ0v) is 18.2. The van der Waals surface area contributed by atoms with Crippen LogP contribution < -0.4 is 20.9 Å². The largest absolute Gasteiger partial charge is 0.496 e. The van der Waals surface area contributed by atoms with E-state index in [0.717, 1.165) is 9.13 Å². The van der Waals surface area contributed by atoms with Gasteiger partial charge in [0, 0.05) is 29.1 Å². The summed E-state index contributed by atoms with van der Waals surface area (Å²) in [4.78, 5) is 36.0. The molecule has 0 saturated heterocycles. The van der Waals surface area contributed by atoms with Gasteiger partial charge in [0.1, 0.15) is 5.75 Å². The number of halogens is 2. The molecule has 0 aromatic heterocycles. The molecule has 0 heterocycles. The minimum atomic E-state index is -0.477. The Morgan fingerprint density at radius 3 is 2.46 bits per heavy atom. The lowest BCUT2D eigenvalue weighted by atomic mass is 10.2. The smallest absolute Gasteiger partial charge is 0.269 e. The van der Waals surface area contributed by atoms with Gasteiger partial charge in [0.2, 0.25) is 11.8 Å². The summed E-state index contributed by atoms with van der Waals surface area (Å²) >= 11 is 8.06. The second-order valence-electron chi connectivity index (χ2n) is 5.81. The molecule has 3 amide bonds. The Hall–Kier alpha value is -2.33. The highest BCUT2D eigenvalue weighted by atomic mass is 127. The molecule has 7 nitrogen and oxygen atoms in total. The third-order valence-electron chi connectivity index (χ3n) is 3.85. The summed E-state index contributed by atoms with van der Waals surface area (Å²) in [5.41, 5.74) is 6.34. The second kappa shape index (κ2) is 10.3. The monoisotopic (exact) mass is 515 g/mol. The van der Waals surface area contributed by atoms with Gasteiger partial charge in [0.15, 0.2) is 0 Å². The number of methoxy groups -OCH3 is 1. The maximum Gasteiger partial charge on any atom is 0.269 e. The summed E-state index contributed by atoms with van der Waals surface area (Å²) in [5, 5.41) is 3.26. The number of carbonyl (C=O) groups is 3. The molecular formula is C19H19ClIN3O4. The van der Waals surface area contributed by atoms with Crippen molar-refractivity contribution < 1.29 is 19.1 Å². The van der Waals surface area contributed by atoms with E-state index >= 15 is 0 Å². The summed E-state index contributed by atoms with van der Waals surface area (Å²) < 4.78 is 5.90. The Bertz CT molecular complexity index is 905. The van der Waals surface area contributed by atoms with Crippen molar-refractivity contribution in [1.82, 2.24) is 10.9 Å². The van der Waals surface area contributed by atoms with Crippen molar-refractivity contribution in [2.75, 3.05) is 12.4 Å². The van der Waals surface area contributed by atoms with Crippen LogP contribution in [-0.4, -0.2) is 24.8 Å². The quantitative estimate of drug-likeness (QED) is 0.406. The standard InChI is InChI=1S/C19H19ClIN3O4/c1-11-13(20)4-3-5-15(11)22-17(25)8-9-18(26)23-24-19(27)12-6-7-16(28-2)14(21)10-12/h3-7,10H,8-9H2,1-2H3,(H,22,25)(H,23,26)(H,24,27). The van der Waals surface area contributed by atoms with Crippen molar-refractivity contribution in [3.8, 4) is 5.75 Å². The van der Waals surface area contributed by atoms with E-state index in [9.17, 15) is 14.4 Å². The zero-order chi connectivity index (χ0) is 20.7. The number of amides is 3. The van der Waals surface area contributed by atoms with Gasteiger partial charge in [-0.05, 0) is 65.4 Å². The Kier molecular flexibility index (Phi) is 8.06. The number of anilines is 1. The van der Waals surface area contributed by atoms with Crippen LogP contribution in [0.15, 0.2) is 36.4 Å². The van der Waals surface area contributed by atoms with Crippen molar-refractivity contribution in [1.29, 1.82) is 0 Å². The molecule has 0 aliphatic heterocycles. The van der Waals surface area contributed by atoms with Gasteiger partial charge in [-0.2, -0.15) is 0 Å². The van der Waals surface area contributed by atoms with Gasteiger partial charge < -0.3 is 10.1 Å². The molecule has 2 aromatic carbocycles. The van der Waals surface area contributed by atoms with Crippen LogP contribution in [0, 0.1) is 10.5 Å². The van der Waals surface area contributed by atoms with Crippen molar-refractivity contribution in [3.05, 3.63) is 56.1 Å². The average Bonchev–Trinajstić information content (AvgIpc) is 2.68. The van der Waals surface area contributed by atoms with Crippen molar-refractivity contribution in [2.45, 2.75) is 19.8 Å². The normalized spacial score (nSPS) is 10.1. The molecule has 3 N–H and O–H groups in total. The van der Waals surface area contributed by atoms with Crippen LogP contribution in [0.5, 0.6) is 5.75 Å². The Labute approximate surface area is 181 Å². The van der Waals surface area contributed by atoms with E-state index in [1.54, 1.807) is 50.4 Å². The molecule has 0 radical (unpaired) electrons. The predicted molar refractivity (Wildman–Crippen MR) is 115 cm³/mol. The van der Waals surface area contributed by atoms with Crippen molar-refractivity contribution >= 4 is 57.6 Å². The third-order valence-corrected chi connectivity index (χ3v) is 5.10. The minimum absolute atomic E-state index is 0.0336. The lowest BCUT2D eigenvalue weighted by molar-refractivity contribution is -0.124. The van der Waals surface area contributed by atoms with Gasteiger partial charge in [-0.3, -0.25) is 25.2 Å². The first-order chi connectivity index (χ1) is 13.3. The molecule has 0 bridgehead atoms. The highest BCUT2D eigenvalue weighted by Gasteiger charge is 2.12. The van der Waals surface area contributed by atoms with E-state index in [2.05, 4.69) is 16.2 Å². The molecule has 0 spiro atoms. The molecule has 0 aliphatic rings. The van der Waals surface area contributed by atoms with Gasteiger partial charge in [-0.1, -0.05) is 17.7 Å². The minimum Gasteiger partial charge on any atom is -0.496 e. The SMILES string of the molecule is COc1ccc(C(=O)NNC(=O)CCC(=O)Nc2cccc(Cl)c2C)cc1I. The summed E-state index contributed by atoms with van der Waals surface area (Å²) in [7, 11) is 1.54. The highest BCUT2D eigenvalue weighted by molar-refractivity contribution is 14.1. The summed E-state index contributed by atoms with van der Waals surface area (Å²) in [6, 6.07) is 10.1. The number of hydrogen-bond donors (Lipinski definition) is 3. The first-order valence-electron chi connectivity index (χ1n) is 8.29. The van der Waals surface area contributed by atoms with Crippen LogP contribution in [0.3, 0.4) is 0 Å². The van der Waals surface area contributed by atoms with Crippen LogP contribution in [0.1, 0.15) is 28.8 Å². The summed E-state index contributed by atoms with van der Waals surface area (Å²) in [6.45, 7) is 1.79. The van der Waals surface area contributed by atoms with E-state index in [1.165, 1.54) is 0 Å². The first kappa shape index (κ1) is 22.0. The number of hydrogen-bond acceptors (Lipinski definition) is 4. The average molecular weight is 516 g/mol. The molecule has 28 heavy (non-hydrogen) atoms. The molecule has 0 unspecified atom stereocenters. The van der Waals surface area contributed by atoms with E-state index < -0.39 is 11.8 Å². The van der Waals surface area contributed by atoms with E-state index in [1.807, 2.05) is 22.6 Å². The molecular weight excluding hydrogens is 497 g/mol. The van der Waals surface area contributed by atoms with E-state index in [-0.39, 0.29) is 18.7 Å². The van der Waals surface area contributed by atoms with Crippen LogP contribution in [0.25, 0.3) is 0 Å². The Morgan fingerprint density at radius 1 is 1.07 bits per heavy atom. The fourth-order valence-electron chi connectivity index (χ4n) is 2.25. The number of carbonyl (C=O) groups excluding carboxylic acids is 3. The van der Waals surface area contributed by atoms with Gasteiger partial charge in [-0.25, -0.2) is 0 Å². The second-order valence-corrected chi connectivity index (χ2v) is 7.38. The van der Waals surface area contributed by atoms with Gasteiger partial charge in [-0.15, -0.1) is 0 Å². The number of rotatable bonds is 6. The van der Waals surface area contributed by atoms with Crippen LogP contribution >= 0.6 is 34.2 Å². The topological polar surface area (TPSA) is 96.5 Å². The molecule has 0 atom stereocenters. The van der Waals surface area contributed by atoms with Gasteiger partial charge >= 0.3 is 0 Å². The lowest BCUT2D eigenvalue weighted by Crippen LogP contribution is -2.41. The van der Waals surface area contributed by atoms with Gasteiger partial charge in [0.25, 0.3) is 5.91 Å². The maximum atomic E-state index is 12.1. The first-order valence-corrected chi connectivity index (χ1v) is 9.75. The van der Waals surface area contributed by atoms with Gasteiger partial charge in [0.05, 0.1) is 10.7 Å². The molecule has 2 aromatic rings. The van der Waals surface area contributed by atoms with E-state index in [4.69, 9.17) is 16.3 Å².